The number of guanidine groups is 1. The van der Waals surface area contributed by atoms with Crippen molar-refractivity contribution >= 4 is 11.6 Å². The molecule has 1 aromatic heterocycles. The Kier molecular flexibility index (Phi) is 4.47. The Morgan fingerprint density at radius 3 is 2.47 bits per heavy atom. The zero-order valence-corrected chi connectivity index (χ0v) is 10.7. The average Bonchev–Trinajstić information content (AvgIpc) is 2.48. The summed E-state index contributed by atoms with van der Waals surface area (Å²) in [5.74, 6) is 6.01. The molecule has 0 spiro atoms. The molecule has 98 valence electrons. The molecule has 1 heterocycles. The summed E-state index contributed by atoms with van der Waals surface area (Å²) in [5, 5.41) is 3.13. The van der Waals surface area contributed by atoms with Gasteiger partial charge >= 0.3 is 0 Å². The lowest BCUT2D eigenvalue weighted by Gasteiger charge is -2.12. The summed E-state index contributed by atoms with van der Waals surface area (Å²) in [7, 11) is 0. The first-order valence-electron chi connectivity index (χ1n) is 6.06. The first kappa shape index (κ1) is 13.0. The number of hydrogen-bond donors (Lipinski definition) is 3. The van der Waals surface area contributed by atoms with E-state index in [0.29, 0.717) is 5.96 Å². The number of aromatic nitrogens is 1. The topological polar surface area (TPSA) is 75.3 Å². The largest absolute Gasteiger partial charge is 0.325 e. The summed E-state index contributed by atoms with van der Waals surface area (Å²) in [5.41, 5.74) is 4.59. The molecular weight excluding hydrogens is 238 g/mol. The van der Waals surface area contributed by atoms with Gasteiger partial charge in [0.25, 0.3) is 0 Å². The lowest BCUT2D eigenvalue weighted by Crippen LogP contribution is -2.36. The van der Waals surface area contributed by atoms with Crippen LogP contribution < -0.4 is 16.6 Å². The summed E-state index contributed by atoms with van der Waals surface area (Å²) in [4.78, 5) is 8.49. The van der Waals surface area contributed by atoms with Crippen molar-refractivity contribution in [3.63, 3.8) is 0 Å². The van der Waals surface area contributed by atoms with Crippen LogP contribution in [-0.2, 0) is 0 Å². The molecule has 0 bridgehead atoms. The highest BCUT2D eigenvalue weighted by Gasteiger charge is 2.05. The Balaban J connectivity index is 2.11. The average molecular weight is 255 g/mol. The molecule has 5 nitrogen and oxygen atoms in total. The van der Waals surface area contributed by atoms with Crippen molar-refractivity contribution in [1.29, 1.82) is 0 Å². The third-order valence-electron chi connectivity index (χ3n) is 2.68. The molecule has 1 aromatic carbocycles. The molecule has 0 aliphatic carbocycles. The third-order valence-corrected chi connectivity index (χ3v) is 2.68. The van der Waals surface area contributed by atoms with Crippen LogP contribution in [0.3, 0.4) is 0 Å². The predicted octanol–water partition coefficient (Wildman–Crippen LogP) is 2.07. The first-order chi connectivity index (χ1) is 9.29. The molecule has 0 saturated carbocycles. The van der Waals surface area contributed by atoms with Gasteiger partial charge in [0, 0.05) is 18.1 Å². The van der Waals surface area contributed by atoms with Crippen molar-refractivity contribution in [2.75, 3.05) is 5.32 Å². The number of hydrazine groups is 1. The summed E-state index contributed by atoms with van der Waals surface area (Å²) in [6, 6.07) is 13.6. The third kappa shape index (κ3) is 3.79. The van der Waals surface area contributed by atoms with Crippen molar-refractivity contribution in [3.05, 3.63) is 60.4 Å². The molecule has 0 aliphatic rings. The number of hydrogen-bond acceptors (Lipinski definition) is 3. The SMILES string of the molecule is CC(N=C(NN)Nc1ccccc1)c1ccncc1. The van der Waals surface area contributed by atoms with Gasteiger partial charge in [-0.25, -0.2) is 10.8 Å². The minimum absolute atomic E-state index is 0.00902. The van der Waals surface area contributed by atoms with Gasteiger partial charge in [-0.2, -0.15) is 0 Å². The van der Waals surface area contributed by atoms with E-state index in [2.05, 4.69) is 20.7 Å². The maximum Gasteiger partial charge on any atom is 0.210 e. The van der Waals surface area contributed by atoms with Crippen LogP contribution in [0, 0.1) is 0 Å². The quantitative estimate of drug-likeness (QED) is 0.340. The monoisotopic (exact) mass is 255 g/mol. The fourth-order valence-electron chi connectivity index (χ4n) is 1.67. The molecule has 1 atom stereocenters. The Hall–Kier alpha value is -2.40. The molecule has 0 radical (unpaired) electrons. The number of benzene rings is 1. The first-order valence-corrected chi connectivity index (χ1v) is 6.06. The van der Waals surface area contributed by atoms with Crippen LogP contribution in [0.25, 0.3) is 0 Å². The van der Waals surface area contributed by atoms with Crippen molar-refractivity contribution < 1.29 is 0 Å². The van der Waals surface area contributed by atoms with Crippen molar-refractivity contribution in [2.24, 2.45) is 10.8 Å². The number of para-hydroxylation sites is 1. The number of nitrogens with zero attached hydrogens (tertiary/aromatic N) is 2. The molecule has 4 N–H and O–H groups in total. The molecule has 0 amide bonds. The lowest BCUT2D eigenvalue weighted by molar-refractivity contribution is 0.802. The van der Waals surface area contributed by atoms with Crippen LogP contribution in [0.4, 0.5) is 5.69 Å². The van der Waals surface area contributed by atoms with Crippen LogP contribution in [0.5, 0.6) is 0 Å². The highest BCUT2D eigenvalue weighted by Crippen LogP contribution is 2.15. The number of pyridine rings is 1. The fraction of sp³-hybridized carbons (Fsp3) is 0.143. The summed E-state index contributed by atoms with van der Waals surface area (Å²) >= 11 is 0. The molecule has 2 aromatic rings. The van der Waals surface area contributed by atoms with Gasteiger partial charge in [0.2, 0.25) is 5.96 Å². The normalized spacial score (nSPS) is 12.8. The predicted molar refractivity (Wildman–Crippen MR) is 77.5 cm³/mol. The van der Waals surface area contributed by atoms with Gasteiger partial charge in [-0.15, -0.1) is 0 Å². The molecule has 19 heavy (non-hydrogen) atoms. The second-order valence-corrected chi connectivity index (χ2v) is 4.07. The van der Waals surface area contributed by atoms with E-state index >= 15 is 0 Å². The molecule has 1 unspecified atom stereocenters. The fourth-order valence-corrected chi connectivity index (χ4v) is 1.67. The van der Waals surface area contributed by atoms with Crippen molar-refractivity contribution in [1.82, 2.24) is 10.4 Å². The second-order valence-electron chi connectivity index (χ2n) is 4.07. The van der Waals surface area contributed by atoms with Gasteiger partial charge in [0.1, 0.15) is 0 Å². The van der Waals surface area contributed by atoms with E-state index in [4.69, 9.17) is 5.84 Å². The van der Waals surface area contributed by atoms with Crippen molar-refractivity contribution in [2.45, 2.75) is 13.0 Å². The molecular formula is C14H17N5. The van der Waals surface area contributed by atoms with E-state index in [9.17, 15) is 0 Å². The number of nitrogens with one attached hydrogen (secondary N) is 2. The van der Waals surface area contributed by atoms with Gasteiger partial charge in [-0.3, -0.25) is 10.4 Å². The molecule has 5 heteroatoms. The number of nitrogens with two attached hydrogens (primary N) is 1. The number of anilines is 1. The Bertz CT molecular complexity index is 524. The Labute approximate surface area is 112 Å². The van der Waals surface area contributed by atoms with Gasteiger partial charge in [-0.05, 0) is 36.8 Å². The smallest absolute Gasteiger partial charge is 0.210 e. The highest BCUT2D eigenvalue weighted by atomic mass is 15.3. The van der Waals surface area contributed by atoms with Gasteiger partial charge in [0.05, 0.1) is 6.04 Å². The van der Waals surface area contributed by atoms with Crippen LogP contribution in [-0.4, -0.2) is 10.9 Å². The zero-order valence-electron chi connectivity index (χ0n) is 10.7. The van der Waals surface area contributed by atoms with E-state index in [1.807, 2.05) is 49.4 Å². The van der Waals surface area contributed by atoms with Gasteiger partial charge in [0.15, 0.2) is 0 Å². The summed E-state index contributed by atoms with van der Waals surface area (Å²) < 4.78 is 0. The van der Waals surface area contributed by atoms with E-state index in [1.54, 1.807) is 12.4 Å². The second kappa shape index (κ2) is 6.51. The van der Waals surface area contributed by atoms with Crippen LogP contribution >= 0.6 is 0 Å². The van der Waals surface area contributed by atoms with E-state index < -0.39 is 0 Å². The van der Waals surface area contributed by atoms with Crippen molar-refractivity contribution in [3.8, 4) is 0 Å². The minimum Gasteiger partial charge on any atom is -0.325 e. The Morgan fingerprint density at radius 2 is 1.84 bits per heavy atom. The van der Waals surface area contributed by atoms with E-state index in [0.717, 1.165) is 11.3 Å². The lowest BCUT2D eigenvalue weighted by atomic mass is 10.1. The Morgan fingerprint density at radius 1 is 1.16 bits per heavy atom. The summed E-state index contributed by atoms with van der Waals surface area (Å²) in [6.45, 7) is 2.00. The molecule has 0 fully saturated rings. The maximum absolute atomic E-state index is 5.49. The van der Waals surface area contributed by atoms with E-state index in [1.165, 1.54) is 0 Å². The standard InChI is InChI=1S/C14H17N5/c1-11(12-7-9-16-10-8-12)17-14(19-15)18-13-5-3-2-4-6-13/h2-11H,15H2,1H3,(H2,17,18,19). The van der Waals surface area contributed by atoms with Crippen LogP contribution in [0.1, 0.15) is 18.5 Å². The van der Waals surface area contributed by atoms with Gasteiger partial charge in [-0.1, -0.05) is 18.2 Å². The summed E-state index contributed by atoms with van der Waals surface area (Å²) in [6.07, 6.45) is 3.50. The minimum atomic E-state index is -0.00902. The maximum atomic E-state index is 5.49. The molecule has 0 saturated heterocycles. The zero-order chi connectivity index (χ0) is 13.5. The number of rotatable bonds is 3. The van der Waals surface area contributed by atoms with Crippen LogP contribution in [0.2, 0.25) is 0 Å². The molecule has 0 aliphatic heterocycles. The van der Waals surface area contributed by atoms with Crippen LogP contribution in [0.15, 0.2) is 59.9 Å². The highest BCUT2D eigenvalue weighted by molar-refractivity contribution is 5.93. The van der Waals surface area contributed by atoms with E-state index in [-0.39, 0.29) is 6.04 Å². The molecule has 2 rings (SSSR count). The van der Waals surface area contributed by atoms with Gasteiger partial charge < -0.3 is 5.32 Å². The number of aliphatic imine (C=N–C) groups is 1.